The Balaban J connectivity index is 0.00000176. The largest absolute Gasteiger partial charge is 0.491 e. The molecule has 0 saturated heterocycles. The lowest BCUT2D eigenvalue weighted by molar-refractivity contribution is 0.0947. The maximum absolute atomic E-state index is 12.1. The highest BCUT2D eigenvalue weighted by Crippen LogP contribution is 2.19. The normalized spacial score (nSPS) is 9.59. The number of hydrogen-bond donors (Lipinski definition) is 4. The highest BCUT2D eigenvalue weighted by Gasteiger charge is 2.07. The first-order valence-electron chi connectivity index (χ1n) is 8.79. The second kappa shape index (κ2) is 10.7. The quantitative estimate of drug-likeness (QED) is 0.342. The fourth-order valence-electron chi connectivity index (χ4n) is 2.19. The van der Waals surface area contributed by atoms with Crippen molar-refractivity contribution >= 4 is 17.4 Å². The smallest absolute Gasteiger partial charge is 0.251 e. The number of carbonyl (C=O) groups is 1. The Morgan fingerprint density at radius 2 is 1.63 bits per heavy atom. The number of hydrogen-bond acceptors (Lipinski definition) is 4. The number of nitrogens with one attached hydrogen (secondary N) is 2. The molecule has 0 saturated carbocycles. The van der Waals surface area contributed by atoms with Crippen LogP contribution in [0, 0.1) is 12.3 Å². The molecule has 0 fully saturated rings. The summed E-state index contributed by atoms with van der Waals surface area (Å²) in [7, 11) is 0. The molecule has 0 aliphatic carbocycles. The van der Waals surface area contributed by atoms with E-state index in [1.165, 1.54) is 0 Å². The van der Waals surface area contributed by atoms with Gasteiger partial charge in [0.1, 0.15) is 18.2 Å². The molecule has 0 aliphatic rings. The molecule has 1 amide bonds. The van der Waals surface area contributed by atoms with E-state index in [1.54, 1.807) is 36.4 Å². The summed E-state index contributed by atoms with van der Waals surface area (Å²) in [6, 6.07) is 12.2. The SMILES string of the molecule is C=C(N)c1ccc(C(=O)NCCOc2cc(C(=N)N)ccc2C)cc1.CC. The standard InChI is InChI=1S/C19H22N4O2.C2H6/c1-12-3-4-16(18(21)22)11-17(12)25-10-9-23-19(24)15-7-5-14(6-8-15)13(2)20;1-2/h3-8,11H,2,9-10,20H2,1H3,(H3,21,22)(H,23,24);1-2H3. The van der Waals surface area contributed by atoms with Crippen LogP contribution in [-0.2, 0) is 0 Å². The van der Waals surface area contributed by atoms with E-state index in [1.807, 2.05) is 26.8 Å². The third kappa shape index (κ3) is 6.51. The topological polar surface area (TPSA) is 114 Å². The van der Waals surface area contributed by atoms with Gasteiger partial charge >= 0.3 is 0 Å². The number of ether oxygens (including phenoxy) is 1. The zero-order valence-corrected chi connectivity index (χ0v) is 16.1. The van der Waals surface area contributed by atoms with Crippen molar-refractivity contribution in [1.29, 1.82) is 5.41 Å². The molecular formula is C21H28N4O2. The lowest BCUT2D eigenvalue weighted by atomic mass is 10.1. The van der Waals surface area contributed by atoms with Gasteiger partial charge in [-0.25, -0.2) is 0 Å². The van der Waals surface area contributed by atoms with Crippen LogP contribution in [0.1, 0.15) is 40.9 Å². The Morgan fingerprint density at radius 1 is 1.07 bits per heavy atom. The molecule has 27 heavy (non-hydrogen) atoms. The summed E-state index contributed by atoms with van der Waals surface area (Å²) in [6.07, 6.45) is 0. The lowest BCUT2D eigenvalue weighted by Crippen LogP contribution is -2.28. The van der Waals surface area contributed by atoms with E-state index in [-0.39, 0.29) is 11.7 Å². The van der Waals surface area contributed by atoms with E-state index in [9.17, 15) is 4.79 Å². The van der Waals surface area contributed by atoms with E-state index in [4.69, 9.17) is 21.6 Å². The molecule has 0 bridgehead atoms. The van der Waals surface area contributed by atoms with Crippen LogP contribution in [-0.4, -0.2) is 24.9 Å². The number of aryl methyl sites for hydroxylation is 1. The van der Waals surface area contributed by atoms with Crippen LogP contribution in [0.3, 0.4) is 0 Å². The molecule has 2 aromatic rings. The zero-order valence-electron chi connectivity index (χ0n) is 16.1. The predicted molar refractivity (Wildman–Crippen MR) is 111 cm³/mol. The molecule has 0 heterocycles. The van der Waals surface area contributed by atoms with Gasteiger partial charge in [-0.15, -0.1) is 0 Å². The van der Waals surface area contributed by atoms with Crippen LogP contribution in [0.25, 0.3) is 5.70 Å². The van der Waals surface area contributed by atoms with Crippen molar-refractivity contribution in [2.24, 2.45) is 11.5 Å². The number of benzene rings is 2. The van der Waals surface area contributed by atoms with Crippen LogP contribution < -0.4 is 21.5 Å². The molecule has 0 atom stereocenters. The Hall–Kier alpha value is -3.28. The van der Waals surface area contributed by atoms with Gasteiger partial charge in [-0.1, -0.05) is 44.7 Å². The first-order valence-corrected chi connectivity index (χ1v) is 8.79. The van der Waals surface area contributed by atoms with Crippen molar-refractivity contribution in [1.82, 2.24) is 5.32 Å². The Labute approximate surface area is 160 Å². The van der Waals surface area contributed by atoms with Crippen molar-refractivity contribution in [3.8, 4) is 5.75 Å². The summed E-state index contributed by atoms with van der Waals surface area (Å²) in [5, 5.41) is 10.3. The van der Waals surface area contributed by atoms with Crippen molar-refractivity contribution < 1.29 is 9.53 Å². The minimum Gasteiger partial charge on any atom is -0.491 e. The maximum atomic E-state index is 12.1. The van der Waals surface area contributed by atoms with Crippen molar-refractivity contribution in [3.05, 3.63) is 71.3 Å². The summed E-state index contributed by atoms with van der Waals surface area (Å²) in [6.45, 7) is 10.2. The van der Waals surface area contributed by atoms with Gasteiger partial charge in [0.15, 0.2) is 0 Å². The molecule has 6 nitrogen and oxygen atoms in total. The second-order valence-corrected chi connectivity index (χ2v) is 5.60. The second-order valence-electron chi connectivity index (χ2n) is 5.60. The number of amides is 1. The molecule has 0 radical (unpaired) electrons. The van der Waals surface area contributed by atoms with Crippen LogP contribution in [0.2, 0.25) is 0 Å². The van der Waals surface area contributed by atoms with Crippen LogP contribution in [0.15, 0.2) is 49.0 Å². The molecule has 2 rings (SSSR count). The van der Waals surface area contributed by atoms with Gasteiger partial charge in [0.05, 0.1) is 6.54 Å². The Morgan fingerprint density at radius 3 is 2.19 bits per heavy atom. The van der Waals surface area contributed by atoms with Gasteiger partial charge in [0.25, 0.3) is 5.91 Å². The summed E-state index contributed by atoms with van der Waals surface area (Å²) in [5.41, 5.74) is 14.4. The highest BCUT2D eigenvalue weighted by molar-refractivity contribution is 5.95. The lowest BCUT2D eigenvalue weighted by Gasteiger charge is -2.11. The van der Waals surface area contributed by atoms with Gasteiger partial charge in [-0.05, 0) is 36.2 Å². The van der Waals surface area contributed by atoms with Crippen molar-refractivity contribution in [2.45, 2.75) is 20.8 Å². The monoisotopic (exact) mass is 368 g/mol. The molecular weight excluding hydrogens is 340 g/mol. The number of nitrogens with two attached hydrogens (primary N) is 2. The molecule has 0 spiro atoms. The Kier molecular flexibility index (Phi) is 8.59. The average Bonchev–Trinajstić information content (AvgIpc) is 2.67. The summed E-state index contributed by atoms with van der Waals surface area (Å²) in [4.78, 5) is 12.1. The van der Waals surface area contributed by atoms with E-state index < -0.39 is 0 Å². The number of nitrogen functional groups attached to an aromatic ring is 1. The first-order chi connectivity index (χ1) is 12.9. The van der Waals surface area contributed by atoms with Crippen molar-refractivity contribution in [2.75, 3.05) is 13.2 Å². The summed E-state index contributed by atoms with van der Waals surface area (Å²) < 4.78 is 5.67. The minimum absolute atomic E-state index is 0.0123. The maximum Gasteiger partial charge on any atom is 0.251 e. The third-order valence-electron chi connectivity index (χ3n) is 3.66. The molecule has 0 aliphatic heterocycles. The van der Waals surface area contributed by atoms with Gasteiger partial charge < -0.3 is 21.5 Å². The van der Waals surface area contributed by atoms with Gasteiger partial charge in [-0.3, -0.25) is 10.2 Å². The van der Waals surface area contributed by atoms with Gasteiger partial charge in [0.2, 0.25) is 0 Å². The van der Waals surface area contributed by atoms with Crippen molar-refractivity contribution in [3.63, 3.8) is 0 Å². The van der Waals surface area contributed by atoms with E-state index >= 15 is 0 Å². The fourth-order valence-corrected chi connectivity index (χ4v) is 2.19. The van der Waals surface area contributed by atoms with E-state index in [0.29, 0.717) is 35.7 Å². The molecule has 6 heteroatoms. The molecule has 144 valence electrons. The van der Waals surface area contributed by atoms with Crippen LogP contribution in [0.4, 0.5) is 0 Å². The van der Waals surface area contributed by atoms with E-state index in [0.717, 1.165) is 11.1 Å². The van der Waals surface area contributed by atoms with Crippen LogP contribution >= 0.6 is 0 Å². The zero-order chi connectivity index (χ0) is 20.4. The minimum atomic E-state index is -0.188. The summed E-state index contributed by atoms with van der Waals surface area (Å²) >= 11 is 0. The number of amidine groups is 1. The molecule has 6 N–H and O–H groups in total. The first kappa shape index (κ1) is 21.8. The van der Waals surface area contributed by atoms with Gasteiger partial charge in [-0.2, -0.15) is 0 Å². The third-order valence-corrected chi connectivity index (χ3v) is 3.66. The molecule has 0 aromatic heterocycles. The average molecular weight is 368 g/mol. The number of rotatable bonds is 7. The molecule has 0 unspecified atom stereocenters. The highest BCUT2D eigenvalue weighted by atomic mass is 16.5. The Bertz CT molecular complexity index is 798. The van der Waals surface area contributed by atoms with Gasteiger partial charge in [0, 0.05) is 16.8 Å². The van der Waals surface area contributed by atoms with Crippen LogP contribution in [0.5, 0.6) is 5.75 Å². The number of carbonyl (C=O) groups excluding carboxylic acids is 1. The fraction of sp³-hybridized carbons (Fsp3) is 0.238. The van der Waals surface area contributed by atoms with E-state index in [2.05, 4.69) is 11.9 Å². The molecule has 2 aromatic carbocycles. The predicted octanol–water partition coefficient (Wildman–Crippen LogP) is 3.04. The summed E-state index contributed by atoms with van der Waals surface area (Å²) in [5.74, 6) is 0.446.